The number of para-hydroxylation sites is 1. The number of carbonyl (C=O) groups is 1. The predicted octanol–water partition coefficient (Wildman–Crippen LogP) is 3.09. The van der Waals surface area contributed by atoms with Crippen LogP contribution < -0.4 is 10.2 Å². The molecule has 1 aromatic carbocycles. The molecular formula is C18H22N4O. The minimum Gasteiger partial charge on any atom is -0.346 e. The van der Waals surface area contributed by atoms with Crippen molar-refractivity contribution in [3.8, 4) is 0 Å². The van der Waals surface area contributed by atoms with Crippen molar-refractivity contribution in [1.29, 1.82) is 0 Å². The third-order valence-corrected chi connectivity index (χ3v) is 3.79. The first-order valence-electron chi connectivity index (χ1n) is 7.88. The van der Waals surface area contributed by atoms with E-state index < -0.39 is 0 Å². The number of fused-ring (bicyclic) bond motifs is 1. The van der Waals surface area contributed by atoms with Gasteiger partial charge in [-0.15, -0.1) is 0 Å². The number of aromatic nitrogens is 2. The first-order valence-corrected chi connectivity index (χ1v) is 7.88. The quantitative estimate of drug-likeness (QED) is 0.926. The Kier molecular flexibility index (Phi) is 3.80. The highest BCUT2D eigenvalue weighted by Gasteiger charge is 2.29. The second-order valence-corrected chi connectivity index (χ2v) is 7.00. The molecule has 3 rings (SSSR count). The number of rotatable bonds is 2. The van der Waals surface area contributed by atoms with Crippen LogP contribution in [0.5, 0.6) is 0 Å². The van der Waals surface area contributed by atoms with Crippen molar-refractivity contribution in [1.82, 2.24) is 15.3 Å². The van der Waals surface area contributed by atoms with Crippen molar-refractivity contribution < 1.29 is 4.79 Å². The second-order valence-electron chi connectivity index (χ2n) is 7.00. The van der Waals surface area contributed by atoms with Gasteiger partial charge in [-0.05, 0) is 51.8 Å². The van der Waals surface area contributed by atoms with Crippen LogP contribution in [0.4, 0.5) is 11.6 Å². The number of nitrogens with one attached hydrogen (secondary N) is 1. The van der Waals surface area contributed by atoms with Crippen LogP contribution in [0, 0.1) is 0 Å². The van der Waals surface area contributed by atoms with Gasteiger partial charge in [-0.3, -0.25) is 4.79 Å². The number of benzene rings is 1. The van der Waals surface area contributed by atoms with Gasteiger partial charge in [0.05, 0.1) is 0 Å². The topological polar surface area (TPSA) is 58.1 Å². The monoisotopic (exact) mass is 310 g/mol. The van der Waals surface area contributed by atoms with Gasteiger partial charge < -0.3 is 10.2 Å². The predicted molar refractivity (Wildman–Crippen MR) is 91.0 cm³/mol. The van der Waals surface area contributed by atoms with Crippen LogP contribution in [-0.4, -0.2) is 27.5 Å². The zero-order valence-corrected chi connectivity index (χ0v) is 14.0. The molecule has 5 heteroatoms. The summed E-state index contributed by atoms with van der Waals surface area (Å²) in [6, 6.07) is 10.2. The molecule has 1 aliphatic heterocycles. The minimum absolute atomic E-state index is 0.179. The van der Waals surface area contributed by atoms with Crippen molar-refractivity contribution >= 4 is 17.5 Å². The van der Waals surface area contributed by atoms with E-state index in [4.69, 9.17) is 0 Å². The summed E-state index contributed by atoms with van der Waals surface area (Å²) < 4.78 is 0. The molecule has 0 spiro atoms. The van der Waals surface area contributed by atoms with Crippen LogP contribution in [0.2, 0.25) is 0 Å². The maximum atomic E-state index is 12.3. The van der Waals surface area contributed by atoms with Crippen LogP contribution >= 0.6 is 0 Å². The lowest BCUT2D eigenvalue weighted by atomic mass is 10.1. The number of nitrogens with zero attached hydrogens (tertiary/aromatic N) is 3. The lowest BCUT2D eigenvalue weighted by Gasteiger charge is -2.23. The SMILES string of the molecule is CC1Cc2ccccc2N1c1nccc(C(=O)NC(C)(C)C)n1. The van der Waals surface area contributed by atoms with Gasteiger partial charge in [0, 0.05) is 23.5 Å². The molecule has 0 aliphatic carbocycles. The van der Waals surface area contributed by atoms with Crippen LogP contribution in [0.25, 0.3) is 0 Å². The van der Waals surface area contributed by atoms with E-state index in [0.717, 1.165) is 12.1 Å². The lowest BCUT2D eigenvalue weighted by Crippen LogP contribution is -2.41. The van der Waals surface area contributed by atoms with E-state index >= 15 is 0 Å². The van der Waals surface area contributed by atoms with Gasteiger partial charge in [-0.2, -0.15) is 0 Å². The van der Waals surface area contributed by atoms with E-state index in [1.807, 2.05) is 32.9 Å². The van der Waals surface area contributed by atoms with Crippen LogP contribution in [0.3, 0.4) is 0 Å². The van der Waals surface area contributed by atoms with E-state index in [2.05, 4.69) is 39.2 Å². The molecule has 1 aliphatic rings. The normalized spacial score (nSPS) is 17.0. The summed E-state index contributed by atoms with van der Waals surface area (Å²) in [7, 11) is 0. The molecule has 0 saturated carbocycles. The molecule has 120 valence electrons. The molecule has 0 saturated heterocycles. The van der Waals surface area contributed by atoms with Crippen molar-refractivity contribution in [2.24, 2.45) is 0 Å². The number of anilines is 2. The van der Waals surface area contributed by atoms with Crippen LogP contribution in [-0.2, 0) is 6.42 Å². The van der Waals surface area contributed by atoms with Gasteiger partial charge in [-0.1, -0.05) is 18.2 Å². The van der Waals surface area contributed by atoms with Gasteiger partial charge in [-0.25, -0.2) is 9.97 Å². The number of amides is 1. The standard InChI is InChI=1S/C18H22N4O/c1-12-11-13-7-5-6-8-15(13)22(12)17-19-10-9-14(20-17)16(23)21-18(2,3)4/h5-10,12H,11H2,1-4H3,(H,21,23). The molecule has 1 aromatic heterocycles. The molecule has 2 heterocycles. The largest absolute Gasteiger partial charge is 0.346 e. The van der Waals surface area contributed by atoms with Crippen LogP contribution in [0.15, 0.2) is 36.5 Å². The Morgan fingerprint density at radius 1 is 1.26 bits per heavy atom. The van der Waals surface area contributed by atoms with E-state index in [0.29, 0.717) is 11.6 Å². The molecule has 1 atom stereocenters. The third kappa shape index (κ3) is 3.18. The number of carbonyl (C=O) groups excluding carboxylic acids is 1. The fraction of sp³-hybridized carbons (Fsp3) is 0.389. The number of hydrogen-bond donors (Lipinski definition) is 1. The first-order chi connectivity index (χ1) is 10.8. The van der Waals surface area contributed by atoms with Crippen molar-refractivity contribution in [3.63, 3.8) is 0 Å². The average Bonchev–Trinajstić information content (AvgIpc) is 2.81. The summed E-state index contributed by atoms with van der Waals surface area (Å²) >= 11 is 0. The van der Waals surface area contributed by atoms with Crippen molar-refractivity contribution in [3.05, 3.63) is 47.8 Å². The molecule has 1 amide bonds. The van der Waals surface area contributed by atoms with Gasteiger partial charge in [0.15, 0.2) is 0 Å². The molecular weight excluding hydrogens is 288 g/mol. The van der Waals surface area contributed by atoms with Gasteiger partial charge in [0.1, 0.15) is 5.69 Å². The first kappa shape index (κ1) is 15.5. The summed E-state index contributed by atoms with van der Waals surface area (Å²) in [5.74, 6) is 0.394. The summed E-state index contributed by atoms with van der Waals surface area (Å²) in [4.78, 5) is 23.3. The second kappa shape index (κ2) is 5.65. The summed E-state index contributed by atoms with van der Waals surface area (Å²) in [6.45, 7) is 7.99. The van der Waals surface area contributed by atoms with Gasteiger partial charge in [0.25, 0.3) is 5.91 Å². The summed E-state index contributed by atoms with van der Waals surface area (Å²) in [6.07, 6.45) is 2.60. The molecule has 0 fully saturated rings. The lowest BCUT2D eigenvalue weighted by molar-refractivity contribution is 0.0914. The van der Waals surface area contributed by atoms with E-state index in [9.17, 15) is 4.79 Å². The highest BCUT2D eigenvalue weighted by Crippen LogP contribution is 2.36. The smallest absolute Gasteiger partial charge is 0.270 e. The van der Waals surface area contributed by atoms with Gasteiger partial charge in [0.2, 0.25) is 5.95 Å². The van der Waals surface area contributed by atoms with Crippen molar-refractivity contribution in [2.75, 3.05) is 4.90 Å². The van der Waals surface area contributed by atoms with Crippen LogP contribution in [0.1, 0.15) is 43.7 Å². The Morgan fingerprint density at radius 2 is 2.00 bits per heavy atom. The molecule has 0 bridgehead atoms. The van der Waals surface area contributed by atoms with E-state index in [-0.39, 0.29) is 17.5 Å². The zero-order valence-electron chi connectivity index (χ0n) is 14.0. The molecule has 5 nitrogen and oxygen atoms in total. The molecule has 0 radical (unpaired) electrons. The summed E-state index contributed by atoms with van der Waals surface area (Å²) in [5.41, 5.74) is 2.50. The highest BCUT2D eigenvalue weighted by atomic mass is 16.2. The highest BCUT2D eigenvalue weighted by molar-refractivity contribution is 5.93. The Bertz CT molecular complexity index is 736. The summed E-state index contributed by atoms with van der Waals surface area (Å²) in [5, 5.41) is 2.94. The maximum absolute atomic E-state index is 12.3. The zero-order chi connectivity index (χ0) is 16.6. The molecule has 23 heavy (non-hydrogen) atoms. The van der Waals surface area contributed by atoms with E-state index in [1.54, 1.807) is 12.3 Å². The Morgan fingerprint density at radius 3 is 2.74 bits per heavy atom. The van der Waals surface area contributed by atoms with Crippen molar-refractivity contribution in [2.45, 2.75) is 45.7 Å². The fourth-order valence-electron chi connectivity index (χ4n) is 2.87. The number of hydrogen-bond acceptors (Lipinski definition) is 4. The van der Waals surface area contributed by atoms with Gasteiger partial charge >= 0.3 is 0 Å². The minimum atomic E-state index is -0.296. The average molecular weight is 310 g/mol. The Hall–Kier alpha value is -2.43. The fourth-order valence-corrected chi connectivity index (χ4v) is 2.87. The van der Waals surface area contributed by atoms with E-state index in [1.165, 1.54) is 5.56 Å². The Labute approximate surface area is 136 Å². The molecule has 1 N–H and O–H groups in total. The Balaban J connectivity index is 1.93. The third-order valence-electron chi connectivity index (χ3n) is 3.79. The molecule has 1 unspecified atom stereocenters. The maximum Gasteiger partial charge on any atom is 0.270 e. The molecule has 2 aromatic rings.